The van der Waals surface area contributed by atoms with Crippen LogP contribution in [0.15, 0.2) is 0 Å². The number of nitrogens with one attached hydrogen (secondary N) is 1. The molecule has 4 nitrogen and oxygen atoms in total. The monoisotopic (exact) mass is 335 g/mol. The summed E-state index contributed by atoms with van der Waals surface area (Å²) in [6, 6.07) is 0. The Morgan fingerprint density at radius 2 is 2.06 bits per heavy atom. The van der Waals surface area contributed by atoms with Crippen LogP contribution in [-0.2, 0) is 11.2 Å². The van der Waals surface area contributed by atoms with E-state index in [1.165, 1.54) is 0 Å². The van der Waals surface area contributed by atoms with Crippen LogP contribution in [0.2, 0.25) is 0 Å². The van der Waals surface area contributed by atoms with Crippen LogP contribution in [0.5, 0.6) is 0 Å². The summed E-state index contributed by atoms with van der Waals surface area (Å²) in [5, 5.41) is 3.11. The molecular weight excluding hydrogens is 317 g/mol. The van der Waals surface area contributed by atoms with E-state index in [4.69, 9.17) is 4.74 Å². The van der Waals surface area contributed by atoms with Crippen LogP contribution in [0.3, 0.4) is 0 Å². The van der Waals surface area contributed by atoms with E-state index in [9.17, 15) is 0 Å². The molecule has 5 heteroatoms. The molecule has 0 aromatic carbocycles. The van der Waals surface area contributed by atoms with Crippen molar-refractivity contribution < 1.29 is 4.74 Å². The van der Waals surface area contributed by atoms with E-state index in [1.54, 1.807) is 7.11 Å². The molecule has 1 aromatic rings. The summed E-state index contributed by atoms with van der Waals surface area (Å²) >= 11 is 2.29. The van der Waals surface area contributed by atoms with Crippen molar-refractivity contribution in [2.24, 2.45) is 0 Å². The molecule has 0 radical (unpaired) electrons. The molecule has 1 rings (SSSR count). The fraction of sp³-hybridized carbons (Fsp3) is 0.636. The first-order valence-corrected chi connectivity index (χ1v) is 6.41. The SMILES string of the molecule is CNc1nc(CCOC)nc(C(C)C)c1I. The molecule has 16 heavy (non-hydrogen) atoms. The van der Waals surface area contributed by atoms with Crippen molar-refractivity contribution in [2.45, 2.75) is 26.2 Å². The van der Waals surface area contributed by atoms with E-state index in [1.807, 2.05) is 7.05 Å². The van der Waals surface area contributed by atoms with Crippen molar-refractivity contribution in [3.8, 4) is 0 Å². The summed E-state index contributed by atoms with van der Waals surface area (Å²) in [7, 11) is 3.57. The standard InChI is InChI=1S/C11H18IN3O/c1-7(2)10-9(12)11(13-3)15-8(14-10)5-6-16-4/h7H,5-6H2,1-4H3,(H,13,14,15). The average molecular weight is 335 g/mol. The molecule has 0 bridgehead atoms. The lowest BCUT2D eigenvalue weighted by molar-refractivity contribution is 0.200. The van der Waals surface area contributed by atoms with Crippen LogP contribution in [-0.4, -0.2) is 30.7 Å². The highest BCUT2D eigenvalue weighted by atomic mass is 127. The second kappa shape index (κ2) is 6.34. The molecule has 1 heterocycles. The Morgan fingerprint density at radius 3 is 2.56 bits per heavy atom. The lowest BCUT2D eigenvalue weighted by Gasteiger charge is -2.13. The highest BCUT2D eigenvalue weighted by Crippen LogP contribution is 2.24. The first kappa shape index (κ1) is 13.6. The summed E-state index contributed by atoms with van der Waals surface area (Å²) in [6.45, 7) is 4.94. The molecule has 0 fully saturated rings. The van der Waals surface area contributed by atoms with Crippen molar-refractivity contribution in [3.63, 3.8) is 0 Å². The van der Waals surface area contributed by atoms with Gasteiger partial charge >= 0.3 is 0 Å². The highest BCUT2D eigenvalue weighted by molar-refractivity contribution is 14.1. The van der Waals surface area contributed by atoms with Crippen molar-refractivity contribution in [3.05, 3.63) is 15.1 Å². The van der Waals surface area contributed by atoms with Crippen LogP contribution in [0.25, 0.3) is 0 Å². The normalized spacial score (nSPS) is 10.9. The molecule has 0 unspecified atom stereocenters. The van der Waals surface area contributed by atoms with E-state index in [-0.39, 0.29) is 0 Å². The van der Waals surface area contributed by atoms with Gasteiger partial charge < -0.3 is 10.1 Å². The zero-order valence-electron chi connectivity index (χ0n) is 10.2. The molecule has 0 aliphatic heterocycles. The van der Waals surface area contributed by atoms with Crippen LogP contribution in [0, 0.1) is 3.57 Å². The van der Waals surface area contributed by atoms with Gasteiger partial charge in [0, 0.05) is 20.6 Å². The lowest BCUT2D eigenvalue weighted by Crippen LogP contribution is -2.10. The maximum Gasteiger partial charge on any atom is 0.143 e. The predicted molar refractivity (Wildman–Crippen MR) is 74.0 cm³/mol. The quantitative estimate of drug-likeness (QED) is 0.840. The Bertz CT molecular complexity index is 355. The minimum atomic E-state index is 0.406. The number of nitrogens with zero attached hydrogens (tertiary/aromatic N) is 2. The molecule has 0 aliphatic rings. The molecule has 0 amide bonds. The first-order valence-electron chi connectivity index (χ1n) is 5.33. The van der Waals surface area contributed by atoms with Gasteiger partial charge in [0.1, 0.15) is 11.6 Å². The Kier molecular flexibility index (Phi) is 5.40. The fourth-order valence-corrected chi connectivity index (χ4v) is 2.50. The number of hydrogen-bond donors (Lipinski definition) is 1. The summed E-state index contributed by atoms with van der Waals surface area (Å²) in [5.41, 5.74) is 1.10. The Morgan fingerprint density at radius 1 is 1.38 bits per heavy atom. The Balaban J connectivity index is 3.07. The van der Waals surface area contributed by atoms with Crippen LogP contribution in [0.1, 0.15) is 31.3 Å². The maximum absolute atomic E-state index is 5.05. The zero-order valence-corrected chi connectivity index (χ0v) is 12.3. The van der Waals surface area contributed by atoms with Crippen molar-refractivity contribution in [2.75, 3.05) is 26.1 Å². The topological polar surface area (TPSA) is 47.0 Å². The Hall–Kier alpha value is -0.430. The van der Waals surface area contributed by atoms with Gasteiger partial charge in [-0.1, -0.05) is 13.8 Å². The van der Waals surface area contributed by atoms with E-state index >= 15 is 0 Å². The van der Waals surface area contributed by atoms with Gasteiger partial charge in [-0.2, -0.15) is 0 Å². The van der Waals surface area contributed by atoms with Gasteiger partial charge in [-0.25, -0.2) is 9.97 Å². The maximum atomic E-state index is 5.05. The van der Waals surface area contributed by atoms with Gasteiger partial charge in [0.25, 0.3) is 0 Å². The fourth-order valence-electron chi connectivity index (χ4n) is 1.37. The van der Waals surface area contributed by atoms with Gasteiger partial charge in [-0.05, 0) is 28.5 Å². The largest absolute Gasteiger partial charge is 0.384 e. The number of ether oxygens (including phenoxy) is 1. The van der Waals surface area contributed by atoms with Gasteiger partial charge in [0.05, 0.1) is 15.9 Å². The summed E-state index contributed by atoms with van der Waals surface area (Å²) < 4.78 is 6.16. The molecule has 1 aromatic heterocycles. The van der Waals surface area contributed by atoms with Crippen LogP contribution < -0.4 is 5.32 Å². The van der Waals surface area contributed by atoms with E-state index in [2.05, 4.69) is 51.7 Å². The van der Waals surface area contributed by atoms with Gasteiger partial charge in [-0.3, -0.25) is 0 Å². The zero-order chi connectivity index (χ0) is 12.1. The summed E-state index contributed by atoms with van der Waals surface area (Å²) in [5.74, 6) is 2.16. The second-order valence-electron chi connectivity index (χ2n) is 3.84. The van der Waals surface area contributed by atoms with Gasteiger partial charge in [0.15, 0.2) is 0 Å². The van der Waals surface area contributed by atoms with Crippen LogP contribution in [0.4, 0.5) is 5.82 Å². The average Bonchev–Trinajstić information content (AvgIpc) is 2.27. The predicted octanol–water partition coefficient (Wildman–Crippen LogP) is 2.44. The third kappa shape index (κ3) is 3.28. The van der Waals surface area contributed by atoms with E-state index in [0.717, 1.165) is 27.3 Å². The van der Waals surface area contributed by atoms with E-state index < -0.39 is 0 Å². The van der Waals surface area contributed by atoms with Crippen molar-refractivity contribution >= 4 is 28.4 Å². The first-order chi connectivity index (χ1) is 7.60. The van der Waals surface area contributed by atoms with Gasteiger partial charge in [0.2, 0.25) is 0 Å². The molecule has 0 saturated carbocycles. The Labute approximate surface area is 110 Å². The number of anilines is 1. The smallest absolute Gasteiger partial charge is 0.143 e. The third-order valence-electron chi connectivity index (χ3n) is 2.24. The molecule has 0 spiro atoms. The lowest BCUT2D eigenvalue weighted by atomic mass is 10.1. The van der Waals surface area contributed by atoms with E-state index in [0.29, 0.717) is 12.5 Å². The molecule has 0 aliphatic carbocycles. The number of aromatic nitrogens is 2. The molecule has 1 N–H and O–H groups in total. The van der Waals surface area contributed by atoms with Gasteiger partial charge in [-0.15, -0.1) is 0 Å². The summed E-state index contributed by atoms with van der Waals surface area (Å²) in [4.78, 5) is 9.04. The molecule has 0 atom stereocenters. The van der Waals surface area contributed by atoms with Crippen molar-refractivity contribution in [1.82, 2.24) is 9.97 Å². The molecule has 0 saturated heterocycles. The third-order valence-corrected chi connectivity index (χ3v) is 3.30. The minimum absolute atomic E-state index is 0.406. The molecule has 90 valence electrons. The van der Waals surface area contributed by atoms with Crippen LogP contribution >= 0.6 is 22.6 Å². The number of hydrogen-bond acceptors (Lipinski definition) is 4. The highest BCUT2D eigenvalue weighted by Gasteiger charge is 2.13. The minimum Gasteiger partial charge on any atom is -0.384 e. The molecular formula is C11H18IN3O. The number of rotatable bonds is 5. The number of methoxy groups -OCH3 is 1. The number of halogens is 1. The van der Waals surface area contributed by atoms with Crippen molar-refractivity contribution in [1.29, 1.82) is 0 Å². The summed E-state index contributed by atoms with van der Waals surface area (Å²) in [6.07, 6.45) is 0.752. The second-order valence-corrected chi connectivity index (χ2v) is 4.91.